The Kier molecular flexibility index (Phi) is 2.82. The van der Waals surface area contributed by atoms with Crippen molar-refractivity contribution in [2.45, 2.75) is 38.5 Å². The number of esters is 1. The quantitative estimate of drug-likeness (QED) is 0.260. The van der Waals surface area contributed by atoms with Crippen LogP contribution < -0.4 is 5.84 Å². The SMILES string of the molecule is CC1=CC(OC=C2C(=O)N(N)C3CCCC23)OC1=O. The predicted molar refractivity (Wildman–Crippen MR) is 65.0 cm³/mol. The lowest BCUT2D eigenvalue weighted by Crippen LogP contribution is -2.39. The number of hydrazine groups is 1. The molecule has 3 aliphatic rings. The van der Waals surface area contributed by atoms with E-state index in [9.17, 15) is 9.59 Å². The number of hydrogen-bond donors (Lipinski definition) is 1. The molecule has 2 N–H and O–H groups in total. The van der Waals surface area contributed by atoms with Crippen LogP contribution in [-0.4, -0.2) is 29.2 Å². The maximum absolute atomic E-state index is 12.0. The van der Waals surface area contributed by atoms with E-state index in [1.54, 1.807) is 13.0 Å². The van der Waals surface area contributed by atoms with Crippen LogP contribution >= 0.6 is 0 Å². The van der Waals surface area contributed by atoms with Crippen LogP contribution in [0.3, 0.4) is 0 Å². The van der Waals surface area contributed by atoms with Crippen LogP contribution in [0, 0.1) is 5.92 Å². The lowest BCUT2D eigenvalue weighted by Gasteiger charge is -2.16. The molecule has 2 fully saturated rings. The Morgan fingerprint density at radius 1 is 1.47 bits per heavy atom. The Morgan fingerprint density at radius 2 is 2.26 bits per heavy atom. The third-order valence-electron chi connectivity index (χ3n) is 3.98. The molecule has 6 heteroatoms. The number of carbonyl (C=O) groups is 2. The third kappa shape index (κ3) is 1.92. The lowest BCUT2D eigenvalue weighted by molar-refractivity contribution is -0.152. The molecule has 0 bridgehead atoms. The Labute approximate surface area is 110 Å². The number of amides is 1. The monoisotopic (exact) mass is 264 g/mol. The molecule has 6 nitrogen and oxygen atoms in total. The fourth-order valence-electron chi connectivity index (χ4n) is 2.94. The highest BCUT2D eigenvalue weighted by Gasteiger charge is 2.45. The Morgan fingerprint density at radius 3 is 2.95 bits per heavy atom. The first-order valence-corrected chi connectivity index (χ1v) is 6.41. The highest BCUT2D eigenvalue weighted by molar-refractivity contribution is 5.96. The van der Waals surface area contributed by atoms with Crippen LogP contribution in [-0.2, 0) is 19.1 Å². The molecule has 102 valence electrons. The molecule has 2 heterocycles. The molecule has 0 aromatic rings. The molecule has 0 radical (unpaired) electrons. The molecule has 19 heavy (non-hydrogen) atoms. The van der Waals surface area contributed by atoms with Crippen molar-refractivity contribution in [2.75, 3.05) is 0 Å². The van der Waals surface area contributed by atoms with E-state index in [2.05, 4.69) is 0 Å². The number of nitrogens with two attached hydrogens (primary N) is 1. The predicted octanol–water partition coefficient (Wildman–Crippen LogP) is 0.601. The van der Waals surface area contributed by atoms with E-state index >= 15 is 0 Å². The minimum atomic E-state index is -0.737. The zero-order valence-electron chi connectivity index (χ0n) is 10.7. The average Bonchev–Trinajstić information content (AvgIpc) is 3.01. The molecule has 0 aromatic heterocycles. The van der Waals surface area contributed by atoms with Gasteiger partial charge in [-0.1, -0.05) is 6.42 Å². The summed E-state index contributed by atoms with van der Waals surface area (Å²) in [5, 5.41) is 1.30. The molecule has 0 spiro atoms. The maximum atomic E-state index is 12.0. The summed E-state index contributed by atoms with van der Waals surface area (Å²) >= 11 is 0. The summed E-state index contributed by atoms with van der Waals surface area (Å²) in [5.74, 6) is 5.33. The molecule has 2 aliphatic heterocycles. The fourth-order valence-corrected chi connectivity index (χ4v) is 2.94. The number of cyclic esters (lactones) is 1. The van der Waals surface area contributed by atoms with E-state index in [4.69, 9.17) is 15.3 Å². The van der Waals surface area contributed by atoms with Gasteiger partial charge < -0.3 is 9.47 Å². The van der Waals surface area contributed by atoms with Crippen molar-refractivity contribution in [3.05, 3.63) is 23.5 Å². The zero-order valence-corrected chi connectivity index (χ0v) is 10.7. The Bertz CT molecular complexity index is 497. The van der Waals surface area contributed by atoms with Crippen LogP contribution in [0.15, 0.2) is 23.5 Å². The van der Waals surface area contributed by atoms with E-state index < -0.39 is 6.29 Å². The number of nitrogens with zero attached hydrogens (tertiary/aromatic N) is 1. The second-order valence-corrected chi connectivity index (χ2v) is 5.15. The van der Waals surface area contributed by atoms with Crippen molar-refractivity contribution >= 4 is 11.9 Å². The van der Waals surface area contributed by atoms with Crippen molar-refractivity contribution in [2.24, 2.45) is 11.8 Å². The molecule has 3 atom stereocenters. The highest BCUT2D eigenvalue weighted by Crippen LogP contribution is 2.40. The van der Waals surface area contributed by atoms with E-state index in [1.807, 2.05) is 0 Å². The second kappa shape index (κ2) is 4.38. The molecule has 0 aromatic carbocycles. The summed E-state index contributed by atoms with van der Waals surface area (Å²) in [5.41, 5.74) is 1.10. The van der Waals surface area contributed by atoms with Gasteiger partial charge in [0.1, 0.15) is 0 Å². The summed E-state index contributed by atoms with van der Waals surface area (Å²) in [6.07, 6.45) is 5.20. The summed E-state index contributed by atoms with van der Waals surface area (Å²) in [6, 6.07) is 0.0887. The van der Waals surface area contributed by atoms with Gasteiger partial charge in [0.05, 0.1) is 17.9 Å². The molecule has 1 amide bonds. The summed E-state index contributed by atoms with van der Waals surface area (Å²) in [7, 11) is 0. The number of rotatable bonds is 2. The van der Waals surface area contributed by atoms with Crippen LogP contribution in [0.4, 0.5) is 0 Å². The zero-order chi connectivity index (χ0) is 13.6. The topological polar surface area (TPSA) is 81.9 Å². The number of carbonyl (C=O) groups excluding carboxylic acids is 2. The van der Waals surface area contributed by atoms with Gasteiger partial charge in [-0.05, 0) is 19.8 Å². The van der Waals surface area contributed by atoms with Gasteiger partial charge in [0.15, 0.2) is 0 Å². The molecule has 1 saturated carbocycles. The molecular weight excluding hydrogens is 248 g/mol. The van der Waals surface area contributed by atoms with Gasteiger partial charge in [-0.25, -0.2) is 10.6 Å². The van der Waals surface area contributed by atoms with E-state index in [-0.39, 0.29) is 23.8 Å². The molecular formula is C13H16N2O4. The first-order valence-electron chi connectivity index (χ1n) is 6.41. The van der Waals surface area contributed by atoms with Gasteiger partial charge in [-0.15, -0.1) is 0 Å². The standard InChI is InChI=1S/C13H16N2O4/c1-7-5-11(19-13(7)17)18-6-9-8-3-2-4-10(8)15(14)12(9)16/h5-6,8,10-11H,2-4,14H2,1H3. The second-order valence-electron chi connectivity index (χ2n) is 5.15. The molecule has 3 unspecified atom stereocenters. The van der Waals surface area contributed by atoms with Gasteiger partial charge in [0, 0.05) is 17.6 Å². The van der Waals surface area contributed by atoms with Gasteiger partial charge in [0.2, 0.25) is 0 Å². The Hall–Kier alpha value is -1.82. The summed E-state index contributed by atoms with van der Waals surface area (Å²) in [6.45, 7) is 1.66. The van der Waals surface area contributed by atoms with E-state index in [1.165, 1.54) is 11.3 Å². The summed E-state index contributed by atoms with van der Waals surface area (Å²) in [4.78, 5) is 23.2. The van der Waals surface area contributed by atoms with Crippen molar-refractivity contribution < 1.29 is 19.1 Å². The minimum Gasteiger partial charge on any atom is -0.458 e. The molecule has 1 aliphatic carbocycles. The highest BCUT2D eigenvalue weighted by atomic mass is 16.7. The normalized spacial score (nSPS) is 35.7. The first-order chi connectivity index (χ1) is 9.08. The molecule has 1 saturated heterocycles. The van der Waals surface area contributed by atoms with Crippen LogP contribution in [0.5, 0.6) is 0 Å². The van der Waals surface area contributed by atoms with Crippen molar-refractivity contribution in [3.63, 3.8) is 0 Å². The molecule has 3 rings (SSSR count). The van der Waals surface area contributed by atoms with Crippen molar-refractivity contribution in [3.8, 4) is 0 Å². The number of hydrogen-bond acceptors (Lipinski definition) is 5. The van der Waals surface area contributed by atoms with E-state index in [0.717, 1.165) is 19.3 Å². The van der Waals surface area contributed by atoms with Gasteiger partial charge in [0.25, 0.3) is 12.2 Å². The lowest BCUT2D eigenvalue weighted by atomic mass is 10.00. The van der Waals surface area contributed by atoms with Crippen LogP contribution in [0.2, 0.25) is 0 Å². The number of fused-ring (bicyclic) bond motifs is 1. The fraction of sp³-hybridized carbons (Fsp3) is 0.538. The minimum absolute atomic E-state index is 0.0887. The van der Waals surface area contributed by atoms with Crippen molar-refractivity contribution in [1.29, 1.82) is 0 Å². The maximum Gasteiger partial charge on any atom is 0.336 e. The van der Waals surface area contributed by atoms with Gasteiger partial charge in [-0.3, -0.25) is 9.80 Å². The largest absolute Gasteiger partial charge is 0.458 e. The smallest absolute Gasteiger partial charge is 0.336 e. The third-order valence-corrected chi connectivity index (χ3v) is 3.98. The van der Waals surface area contributed by atoms with Crippen LogP contribution in [0.1, 0.15) is 26.2 Å². The van der Waals surface area contributed by atoms with Crippen molar-refractivity contribution in [1.82, 2.24) is 5.01 Å². The van der Waals surface area contributed by atoms with E-state index in [0.29, 0.717) is 11.1 Å². The average molecular weight is 264 g/mol. The van der Waals surface area contributed by atoms with Gasteiger partial charge in [-0.2, -0.15) is 0 Å². The first kappa shape index (κ1) is 12.2. The van der Waals surface area contributed by atoms with Gasteiger partial charge >= 0.3 is 5.97 Å². The van der Waals surface area contributed by atoms with Crippen LogP contribution in [0.25, 0.3) is 0 Å². The Balaban J connectivity index is 1.73. The summed E-state index contributed by atoms with van der Waals surface area (Å²) < 4.78 is 10.3. The number of ether oxygens (including phenoxy) is 2.